The van der Waals surface area contributed by atoms with E-state index in [-0.39, 0.29) is 11.8 Å². The van der Waals surface area contributed by atoms with Gasteiger partial charge in [0.15, 0.2) is 0 Å². The SMILES string of the molecule is COc1ccccc1CNC(=O)C1CCN(c2cc(N3CCSCC3)ncn2)CC1. The molecule has 2 aliphatic heterocycles. The Morgan fingerprint density at radius 1 is 1.10 bits per heavy atom. The van der Waals surface area contributed by atoms with Crippen LogP contribution in [0.4, 0.5) is 11.6 Å². The Morgan fingerprint density at radius 3 is 2.47 bits per heavy atom. The zero-order valence-electron chi connectivity index (χ0n) is 17.4. The van der Waals surface area contributed by atoms with E-state index in [1.165, 1.54) is 0 Å². The minimum Gasteiger partial charge on any atom is -0.496 e. The van der Waals surface area contributed by atoms with Crippen LogP contribution in [-0.2, 0) is 11.3 Å². The van der Waals surface area contributed by atoms with Gasteiger partial charge in [-0.05, 0) is 18.9 Å². The molecule has 0 aliphatic carbocycles. The van der Waals surface area contributed by atoms with Crippen molar-refractivity contribution in [1.82, 2.24) is 15.3 Å². The van der Waals surface area contributed by atoms with Gasteiger partial charge in [-0.3, -0.25) is 4.79 Å². The summed E-state index contributed by atoms with van der Waals surface area (Å²) in [5.41, 5.74) is 0.996. The highest BCUT2D eigenvalue weighted by atomic mass is 32.2. The smallest absolute Gasteiger partial charge is 0.223 e. The summed E-state index contributed by atoms with van der Waals surface area (Å²) < 4.78 is 5.36. The van der Waals surface area contributed by atoms with E-state index in [2.05, 4.69) is 31.2 Å². The molecule has 2 aliphatic rings. The number of nitrogens with zero attached hydrogens (tertiary/aromatic N) is 4. The third-order valence-corrected chi connectivity index (χ3v) is 6.75. The number of ether oxygens (including phenoxy) is 1. The first kappa shape index (κ1) is 20.8. The third-order valence-electron chi connectivity index (χ3n) is 5.81. The highest BCUT2D eigenvalue weighted by Gasteiger charge is 2.26. The molecule has 0 radical (unpaired) electrons. The van der Waals surface area contributed by atoms with Gasteiger partial charge in [0.2, 0.25) is 5.91 Å². The molecule has 0 bridgehead atoms. The highest BCUT2D eigenvalue weighted by molar-refractivity contribution is 7.99. The summed E-state index contributed by atoms with van der Waals surface area (Å²) in [6.45, 7) is 4.23. The highest BCUT2D eigenvalue weighted by Crippen LogP contribution is 2.25. The molecular formula is C22H29N5O2S. The van der Waals surface area contributed by atoms with Crippen molar-refractivity contribution in [2.75, 3.05) is 54.6 Å². The summed E-state index contributed by atoms with van der Waals surface area (Å²) in [4.78, 5) is 26.2. The van der Waals surface area contributed by atoms with Crippen molar-refractivity contribution in [3.8, 4) is 5.75 Å². The van der Waals surface area contributed by atoms with Gasteiger partial charge in [0.1, 0.15) is 23.7 Å². The first-order valence-corrected chi connectivity index (χ1v) is 11.7. The van der Waals surface area contributed by atoms with Gasteiger partial charge in [0.25, 0.3) is 0 Å². The second-order valence-corrected chi connectivity index (χ2v) is 8.85. The molecule has 3 heterocycles. The lowest BCUT2D eigenvalue weighted by Gasteiger charge is -2.33. The monoisotopic (exact) mass is 427 g/mol. The van der Waals surface area contributed by atoms with Crippen LogP contribution in [0.25, 0.3) is 0 Å². The standard InChI is InChI=1S/C22H29N5O2S/c1-29-19-5-3-2-4-18(19)15-23-22(28)17-6-8-26(9-7-17)20-14-21(25-16-24-20)27-10-12-30-13-11-27/h2-5,14,16-17H,6-13,15H2,1H3,(H,23,28). The number of anilines is 2. The van der Waals surface area contributed by atoms with Crippen LogP contribution in [0.2, 0.25) is 0 Å². The van der Waals surface area contributed by atoms with E-state index in [0.717, 1.165) is 73.5 Å². The minimum absolute atomic E-state index is 0.0383. The number of rotatable bonds is 6. The number of methoxy groups -OCH3 is 1. The Kier molecular flexibility index (Phi) is 6.94. The van der Waals surface area contributed by atoms with E-state index in [0.29, 0.717) is 6.54 Å². The summed E-state index contributed by atoms with van der Waals surface area (Å²) in [6.07, 6.45) is 3.33. The van der Waals surface area contributed by atoms with Crippen LogP contribution in [0, 0.1) is 5.92 Å². The van der Waals surface area contributed by atoms with Crippen LogP contribution in [0.15, 0.2) is 36.7 Å². The van der Waals surface area contributed by atoms with Crippen LogP contribution in [0.1, 0.15) is 18.4 Å². The zero-order chi connectivity index (χ0) is 20.8. The first-order valence-electron chi connectivity index (χ1n) is 10.5. The van der Waals surface area contributed by atoms with E-state index in [1.54, 1.807) is 13.4 Å². The van der Waals surface area contributed by atoms with E-state index in [1.807, 2.05) is 36.0 Å². The number of nitrogens with one attached hydrogen (secondary N) is 1. The Morgan fingerprint density at radius 2 is 1.77 bits per heavy atom. The van der Waals surface area contributed by atoms with Crippen molar-refractivity contribution in [3.63, 3.8) is 0 Å². The molecule has 0 spiro atoms. The van der Waals surface area contributed by atoms with Gasteiger partial charge in [-0.25, -0.2) is 9.97 Å². The lowest BCUT2D eigenvalue weighted by molar-refractivity contribution is -0.125. The van der Waals surface area contributed by atoms with Crippen LogP contribution in [-0.4, -0.2) is 60.7 Å². The Labute approximate surface area is 182 Å². The number of para-hydroxylation sites is 1. The summed E-state index contributed by atoms with van der Waals surface area (Å²) in [6, 6.07) is 9.88. The maximum Gasteiger partial charge on any atom is 0.223 e. The topological polar surface area (TPSA) is 70.6 Å². The lowest BCUT2D eigenvalue weighted by Crippen LogP contribution is -2.41. The number of thioether (sulfide) groups is 1. The molecule has 2 fully saturated rings. The molecular weight excluding hydrogens is 398 g/mol. The molecule has 2 aromatic rings. The van der Waals surface area contributed by atoms with Gasteiger partial charge in [-0.15, -0.1) is 0 Å². The molecule has 0 atom stereocenters. The van der Waals surface area contributed by atoms with Crippen LogP contribution in [0.5, 0.6) is 5.75 Å². The lowest BCUT2D eigenvalue weighted by atomic mass is 9.96. The molecule has 2 saturated heterocycles. The van der Waals surface area contributed by atoms with Crippen LogP contribution in [0.3, 0.4) is 0 Å². The van der Waals surface area contributed by atoms with Gasteiger partial charge in [0, 0.05) is 61.8 Å². The van der Waals surface area contributed by atoms with Gasteiger partial charge < -0.3 is 19.9 Å². The van der Waals surface area contributed by atoms with Gasteiger partial charge >= 0.3 is 0 Å². The number of amides is 1. The number of carbonyl (C=O) groups excluding carboxylic acids is 1. The maximum atomic E-state index is 12.7. The number of hydrogen-bond acceptors (Lipinski definition) is 7. The number of benzene rings is 1. The van der Waals surface area contributed by atoms with Crippen molar-refractivity contribution in [1.29, 1.82) is 0 Å². The number of hydrogen-bond donors (Lipinski definition) is 1. The second-order valence-electron chi connectivity index (χ2n) is 7.62. The summed E-state index contributed by atoms with van der Waals surface area (Å²) in [7, 11) is 1.65. The van der Waals surface area contributed by atoms with Crippen molar-refractivity contribution < 1.29 is 9.53 Å². The molecule has 1 aromatic heterocycles. The van der Waals surface area contributed by atoms with E-state index in [9.17, 15) is 4.79 Å². The van der Waals surface area contributed by atoms with Gasteiger partial charge in [0.05, 0.1) is 7.11 Å². The Hall–Kier alpha value is -2.48. The Bertz CT molecular complexity index is 851. The largest absolute Gasteiger partial charge is 0.496 e. The minimum atomic E-state index is 0.0383. The van der Waals surface area contributed by atoms with Crippen molar-refractivity contribution >= 4 is 29.3 Å². The molecule has 8 heteroatoms. The van der Waals surface area contributed by atoms with E-state index in [4.69, 9.17) is 4.74 Å². The molecule has 1 amide bonds. The van der Waals surface area contributed by atoms with Crippen molar-refractivity contribution in [2.24, 2.45) is 5.92 Å². The van der Waals surface area contributed by atoms with E-state index >= 15 is 0 Å². The third kappa shape index (κ3) is 4.98. The molecule has 1 aromatic carbocycles. The summed E-state index contributed by atoms with van der Waals surface area (Å²) in [5.74, 6) is 5.23. The molecule has 1 N–H and O–H groups in total. The quantitative estimate of drug-likeness (QED) is 0.760. The average molecular weight is 428 g/mol. The average Bonchev–Trinajstić information content (AvgIpc) is 2.83. The predicted octanol–water partition coefficient (Wildman–Crippen LogP) is 2.57. The zero-order valence-corrected chi connectivity index (χ0v) is 18.2. The maximum absolute atomic E-state index is 12.7. The molecule has 0 saturated carbocycles. The summed E-state index contributed by atoms with van der Waals surface area (Å²) in [5, 5.41) is 3.08. The van der Waals surface area contributed by atoms with Crippen molar-refractivity contribution in [2.45, 2.75) is 19.4 Å². The summed E-state index contributed by atoms with van der Waals surface area (Å²) >= 11 is 1.99. The molecule has 160 valence electrons. The van der Waals surface area contributed by atoms with Gasteiger partial charge in [-0.2, -0.15) is 11.8 Å². The number of aromatic nitrogens is 2. The molecule has 0 unspecified atom stereocenters. The molecule has 30 heavy (non-hydrogen) atoms. The Balaban J connectivity index is 1.30. The van der Waals surface area contributed by atoms with Crippen LogP contribution >= 0.6 is 11.8 Å². The van der Waals surface area contributed by atoms with E-state index < -0.39 is 0 Å². The fourth-order valence-corrected chi connectivity index (χ4v) is 4.93. The predicted molar refractivity (Wildman–Crippen MR) is 121 cm³/mol. The van der Waals surface area contributed by atoms with Gasteiger partial charge in [-0.1, -0.05) is 18.2 Å². The normalized spacial score (nSPS) is 17.6. The molecule has 4 rings (SSSR count). The van der Waals surface area contributed by atoms with Crippen molar-refractivity contribution in [3.05, 3.63) is 42.2 Å². The van der Waals surface area contributed by atoms with Crippen LogP contribution < -0.4 is 19.9 Å². The number of carbonyl (C=O) groups is 1. The fourth-order valence-electron chi connectivity index (χ4n) is 4.02. The number of piperidine rings is 1. The first-order chi connectivity index (χ1) is 14.7. The second kappa shape index (κ2) is 10.0. The molecule has 7 nitrogen and oxygen atoms in total. The fraction of sp³-hybridized carbons (Fsp3) is 0.500.